The Morgan fingerprint density at radius 1 is 1.20 bits per heavy atom. The summed E-state index contributed by atoms with van der Waals surface area (Å²) in [5, 5.41) is 4.50. The second-order valence-corrected chi connectivity index (χ2v) is 4.48. The molecule has 15 heavy (non-hydrogen) atoms. The Hall–Kier alpha value is -1.12. The SMILES string of the molecule is Cc1cscc1C(=O)c1ccc(Cl)cc1. The molecule has 0 atom stereocenters. The first kappa shape index (κ1) is 10.4. The predicted molar refractivity (Wildman–Crippen MR) is 63.9 cm³/mol. The second kappa shape index (κ2) is 4.17. The summed E-state index contributed by atoms with van der Waals surface area (Å²) in [4.78, 5) is 12.0. The van der Waals surface area contributed by atoms with Gasteiger partial charge in [-0.2, -0.15) is 11.3 Å². The van der Waals surface area contributed by atoms with Gasteiger partial charge in [0, 0.05) is 21.5 Å². The fourth-order valence-electron chi connectivity index (χ4n) is 1.35. The van der Waals surface area contributed by atoms with Crippen LogP contribution in [0.2, 0.25) is 5.02 Å². The van der Waals surface area contributed by atoms with E-state index >= 15 is 0 Å². The summed E-state index contributed by atoms with van der Waals surface area (Å²) in [6.45, 7) is 1.94. The third-order valence-electron chi connectivity index (χ3n) is 2.21. The monoisotopic (exact) mass is 236 g/mol. The van der Waals surface area contributed by atoms with E-state index in [1.807, 2.05) is 17.7 Å². The molecule has 0 fully saturated rings. The molecule has 0 radical (unpaired) electrons. The summed E-state index contributed by atoms with van der Waals surface area (Å²) in [6.07, 6.45) is 0. The van der Waals surface area contributed by atoms with Crippen molar-refractivity contribution in [2.45, 2.75) is 6.92 Å². The van der Waals surface area contributed by atoms with Gasteiger partial charge in [-0.15, -0.1) is 0 Å². The highest BCUT2D eigenvalue weighted by atomic mass is 35.5. The van der Waals surface area contributed by atoms with Gasteiger partial charge in [0.25, 0.3) is 0 Å². The molecule has 0 N–H and O–H groups in total. The number of carbonyl (C=O) groups excluding carboxylic acids is 1. The number of ketones is 1. The normalized spacial score (nSPS) is 10.3. The minimum Gasteiger partial charge on any atom is -0.289 e. The van der Waals surface area contributed by atoms with Crippen LogP contribution in [0.15, 0.2) is 35.0 Å². The average Bonchev–Trinajstić information content (AvgIpc) is 2.65. The molecule has 0 saturated carbocycles. The van der Waals surface area contributed by atoms with E-state index in [-0.39, 0.29) is 5.78 Å². The third-order valence-corrected chi connectivity index (χ3v) is 3.32. The van der Waals surface area contributed by atoms with Gasteiger partial charge < -0.3 is 0 Å². The van der Waals surface area contributed by atoms with Gasteiger partial charge in [0.2, 0.25) is 0 Å². The van der Waals surface area contributed by atoms with E-state index in [1.54, 1.807) is 35.6 Å². The maximum absolute atomic E-state index is 12.0. The molecular weight excluding hydrogens is 228 g/mol. The van der Waals surface area contributed by atoms with Crippen LogP contribution in [0, 0.1) is 6.92 Å². The van der Waals surface area contributed by atoms with E-state index in [0.717, 1.165) is 11.1 Å². The molecular formula is C12H9ClOS. The Bertz CT molecular complexity index is 485. The number of rotatable bonds is 2. The zero-order valence-electron chi connectivity index (χ0n) is 8.16. The zero-order valence-corrected chi connectivity index (χ0v) is 9.73. The summed E-state index contributed by atoms with van der Waals surface area (Å²) >= 11 is 7.31. The maximum Gasteiger partial charge on any atom is 0.194 e. The van der Waals surface area contributed by atoms with Gasteiger partial charge in [0.05, 0.1) is 0 Å². The molecule has 76 valence electrons. The molecule has 3 heteroatoms. The molecule has 1 aromatic carbocycles. The van der Waals surface area contributed by atoms with Gasteiger partial charge in [0.1, 0.15) is 0 Å². The van der Waals surface area contributed by atoms with E-state index in [1.165, 1.54) is 0 Å². The van der Waals surface area contributed by atoms with E-state index in [4.69, 9.17) is 11.6 Å². The topological polar surface area (TPSA) is 17.1 Å². The van der Waals surface area contributed by atoms with E-state index in [2.05, 4.69) is 0 Å². The van der Waals surface area contributed by atoms with Crippen LogP contribution in [0.3, 0.4) is 0 Å². The van der Waals surface area contributed by atoms with Crippen LogP contribution in [0.25, 0.3) is 0 Å². The summed E-state index contributed by atoms with van der Waals surface area (Å²) in [5.74, 6) is 0.0606. The van der Waals surface area contributed by atoms with Gasteiger partial charge in [-0.25, -0.2) is 0 Å². The summed E-state index contributed by atoms with van der Waals surface area (Å²) < 4.78 is 0. The number of carbonyl (C=O) groups is 1. The highest BCUT2D eigenvalue weighted by Crippen LogP contribution is 2.19. The van der Waals surface area contributed by atoms with Crippen molar-refractivity contribution < 1.29 is 4.79 Å². The predicted octanol–water partition coefficient (Wildman–Crippen LogP) is 3.94. The number of hydrogen-bond donors (Lipinski definition) is 0. The number of thiophene rings is 1. The fraction of sp³-hybridized carbons (Fsp3) is 0.0833. The Labute approximate surface area is 97.3 Å². The maximum atomic E-state index is 12.0. The number of halogens is 1. The smallest absolute Gasteiger partial charge is 0.194 e. The van der Waals surface area contributed by atoms with Crippen LogP contribution < -0.4 is 0 Å². The van der Waals surface area contributed by atoms with Gasteiger partial charge in [-0.1, -0.05) is 11.6 Å². The minimum atomic E-state index is 0.0606. The summed E-state index contributed by atoms with van der Waals surface area (Å²) in [7, 11) is 0. The van der Waals surface area contributed by atoms with Gasteiger partial charge in [-0.05, 0) is 42.1 Å². The lowest BCUT2D eigenvalue weighted by Crippen LogP contribution is -2.00. The van der Waals surface area contributed by atoms with Crippen LogP contribution in [-0.4, -0.2) is 5.78 Å². The number of benzene rings is 1. The lowest BCUT2D eigenvalue weighted by molar-refractivity contribution is 0.103. The van der Waals surface area contributed by atoms with Crippen molar-refractivity contribution in [2.24, 2.45) is 0 Å². The Kier molecular flexibility index (Phi) is 2.89. The minimum absolute atomic E-state index is 0.0606. The van der Waals surface area contributed by atoms with Crippen LogP contribution in [0.1, 0.15) is 21.5 Å². The molecule has 1 heterocycles. The molecule has 0 unspecified atom stereocenters. The highest BCUT2D eigenvalue weighted by Gasteiger charge is 2.11. The fourth-order valence-corrected chi connectivity index (χ4v) is 2.30. The zero-order chi connectivity index (χ0) is 10.8. The van der Waals surface area contributed by atoms with E-state index in [0.29, 0.717) is 10.6 Å². The third kappa shape index (κ3) is 2.11. The van der Waals surface area contributed by atoms with Gasteiger partial charge in [0.15, 0.2) is 5.78 Å². The van der Waals surface area contributed by atoms with Gasteiger partial charge >= 0.3 is 0 Å². The highest BCUT2D eigenvalue weighted by molar-refractivity contribution is 7.08. The standard InChI is InChI=1S/C12H9ClOS/c1-8-6-15-7-11(8)12(14)9-2-4-10(13)5-3-9/h2-7H,1H3. The first-order valence-electron chi connectivity index (χ1n) is 4.51. The summed E-state index contributed by atoms with van der Waals surface area (Å²) in [6, 6.07) is 6.97. The van der Waals surface area contributed by atoms with E-state index < -0.39 is 0 Å². The first-order chi connectivity index (χ1) is 7.18. The van der Waals surface area contributed by atoms with Crippen molar-refractivity contribution in [2.75, 3.05) is 0 Å². The largest absolute Gasteiger partial charge is 0.289 e. The molecule has 0 spiro atoms. The number of hydrogen-bond acceptors (Lipinski definition) is 2. The van der Waals surface area contributed by atoms with Crippen LogP contribution >= 0.6 is 22.9 Å². The van der Waals surface area contributed by atoms with Crippen molar-refractivity contribution in [1.29, 1.82) is 0 Å². The molecule has 0 bridgehead atoms. The van der Waals surface area contributed by atoms with Crippen molar-refractivity contribution in [1.82, 2.24) is 0 Å². The Balaban J connectivity index is 2.37. The average molecular weight is 237 g/mol. The second-order valence-electron chi connectivity index (χ2n) is 3.30. The lowest BCUT2D eigenvalue weighted by atomic mass is 10.0. The summed E-state index contributed by atoms with van der Waals surface area (Å²) in [5.41, 5.74) is 2.49. The molecule has 1 aromatic heterocycles. The van der Waals surface area contributed by atoms with Crippen LogP contribution in [-0.2, 0) is 0 Å². The van der Waals surface area contributed by atoms with Crippen molar-refractivity contribution in [3.63, 3.8) is 0 Å². The molecule has 1 nitrogen and oxygen atoms in total. The molecule has 0 aliphatic rings. The van der Waals surface area contributed by atoms with Crippen LogP contribution in [0.4, 0.5) is 0 Å². The molecule has 0 amide bonds. The molecule has 0 aliphatic heterocycles. The Morgan fingerprint density at radius 2 is 1.87 bits per heavy atom. The Morgan fingerprint density at radius 3 is 2.40 bits per heavy atom. The first-order valence-corrected chi connectivity index (χ1v) is 5.83. The molecule has 2 aromatic rings. The van der Waals surface area contributed by atoms with Gasteiger partial charge in [-0.3, -0.25) is 4.79 Å². The molecule has 0 aliphatic carbocycles. The quantitative estimate of drug-likeness (QED) is 0.722. The van der Waals surface area contributed by atoms with Crippen molar-refractivity contribution in [3.05, 3.63) is 56.7 Å². The number of aryl methyl sites for hydroxylation is 1. The lowest BCUT2D eigenvalue weighted by Gasteiger charge is -2.00. The van der Waals surface area contributed by atoms with Crippen molar-refractivity contribution in [3.8, 4) is 0 Å². The molecule has 0 saturated heterocycles. The van der Waals surface area contributed by atoms with Crippen molar-refractivity contribution >= 4 is 28.7 Å². The van der Waals surface area contributed by atoms with Crippen LogP contribution in [0.5, 0.6) is 0 Å². The molecule has 2 rings (SSSR count). The van der Waals surface area contributed by atoms with E-state index in [9.17, 15) is 4.79 Å².